The molecule has 1 atom stereocenters. The third kappa shape index (κ3) is 6.49. The minimum atomic E-state index is 0.176. The summed E-state index contributed by atoms with van der Waals surface area (Å²) in [5, 5.41) is 0. The first-order valence-electron chi connectivity index (χ1n) is 8.33. The Bertz CT molecular complexity index is 393. The average Bonchev–Trinajstić information content (AvgIpc) is 2.50. The molecule has 3 heteroatoms. The van der Waals surface area contributed by atoms with E-state index in [9.17, 15) is 0 Å². The van der Waals surface area contributed by atoms with Crippen molar-refractivity contribution in [1.82, 2.24) is 5.43 Å². The van der Waals surface area contributed by atoms with Gasteiger partial charge in [-0.2, -0.15) is 0 Å². The number of ether oxygens (including phenoxy) is 1. The fourth-order valence-corrected chi connectivity index (χ4v) is 2.76. The maximum atomic E-state index is 5.75. The average molecular weight is 292 g/mol. The van der Waals surface area contributed by atoms with Crippen molar-refractivity contribution < 1.29 is 4.74 Å². The predicted octanol–water partition coefficient (Wildman–Crippen LogP) is 4.65. The van der Waals surface area contributed by atoms with Gasteiger partial charge in [0.15, 0.2) is 0 Å². The van der Waals surface area contributed by atoms with Crippen molar-refractivity contribution in [3.05, 3.63) is 29.3 Å². The highest BCUT2D eigenvalue weighted by Gasteiger charge is 2.14. The molecule has 0 aliphatic rings. The number of hydrogen-bond acceptors (Lipinski definition) is 3. The Kier molecular flexibility index (Phi) is 9.11. The van der Waals surface area contributed by atoms with Gasteiger partial charge in [-0.05, 0) is 19.4 Å². The number of hydrazine groups is 1. The van der Waals surface area contributed by atoms with Crippen LogP contribution in [-0.4, -0.2) is 7.11 Å². The third-order valence-electron chi connectivity index (χ3n) is 4.06. The lowest BCUT2D eigenvalue weighted by Crippen LogP contribution is -2.28. The molecular formula is C18H32N2O. The lowest BCUT2D eigenvalue weighted by molar-refractivity contribution is 0.392. The molecule has 21 heavy (non-hydrogen) atoms. The van der Waals surface area contributed by atoms with Crippen molar-refractivity contribution in [3.63, 3.8) is 0 Å². The molecule has 0 aromatic heterocycles. The first-order chi connectivity index (χ1) is 10.2. The van der Waals surface area contributed by atoms with E-state index in [4.69, 9.17) is 10.6 Å². The Morgan fingerprint density at radius 2 is 1.76 bits per heavy atom. The molecule has 0 aliphatic heterocycles. The molecule has 0 spiro atoms. The Labute approximate surface area is 130 Å². The number of nitrogens with one attached hydrogen (secondary N) is 1. The molecule has 0 amide bonds. The van der Waals surface area contributed by atoms with E-state index < -0.39 is 0 Å². The van der Waals surface area contributed by atoms with Gasteiger partial charge in [0.1, 0.15) is 5.75 Å². The van der Waals surface area contributed by atoms with Crippen molar-refractivity contribution in [2.75, 3.05) is 7.11 Å². The number of aryl methyl sites for hydroxylation is 1. The zero-order valence-electron chi connectivity index (χ0n) is 14.0. The molecule has 0 fully saturated rings. The van der Waals surface area contributed by atoms with Crippen LogP contribution in [0.5, 0.6) is 5.75 Å². The van der Waals surface area contributed by atoms with Crippen molar-refractivity contribution in [2.24, 2.45) is 5.84 Å². The minimum Gasteiger partial charge on any atom is -0.496 e. The normalized spacial score (nSPS) is 12.4. The van der Waals surface area contributed by atoms with Crippen molar-refractivity contribution in [2.45, 2.75) is 71.3 Å². The minimum absolute atomic E-state index is 0.176. The molecule has 0 heterocycles. The van der Waals surface area contributed by atoms with Gasteiger partial charge in [-0.15, -0.1) is 0 Å². The van der Waals surface area contributed by atoms with E-state index >= 15 is 0 Å². The molecule has 3 nitrogen and oxygen atoms in total. The van der Waals surface area contributed by atoms with Crippen LogP contribution in [0.2, 0.25) is 0 Å². The Balaban J connectivity index is 2.42. The van der Waals surface area contributed by atoms with E-state index in [1.807, 2.05) is 6.07 Å². The highest BCUT2D eigenvalue weighted by molar-refractivity contribution is 5.39. The van der Waals surface area contributed by atoms with Gasteiger partial charge in [-0.1, -0.05) is 69.6 Å². The number of unbranched alkanes of at least 4 members (excludes halogenated alkanes) is 6. The second-order valence-electron chi connectivity index (χ2n) is 5.87. The lowest BCUT2D eigenvalue weighted by atomic mass is 9.97. The molecule has 1 unspecified atom stereocenters. The number of benzene rings is 1. The van der Waals surface area contributed by atoms with Gasteiger partial charge in [0, 0.05) is 11.6 Å². The first kappa shape index (κ1) is 18.0. The fraction of sp³-hybridized carbons (Fsp3) is 0.667. The highest BCUT2D eigenvalue weighted by Crippen LogP contribution is 2.29. The summed E-state index contributed by atoms with van der Waals surface area (Å²) >= 11 is 0. The molecule has 1 rings (SSSR count). The highest BCUT2D eigenvalue weighted by atomic mass is 16.5. The van der Waals surface area contributed by atoms with Gasteiger partial charge in [-0.3, -0.25) is 11.3 Å². The van der Waals surface area contributed by atoms with Gasteiger partial charge >= 0.3 is 0 Å². The van der Waals surface area contributed by atoms with Gasteiger partial charge in [-0.25, -0.2) is 0 Å². The summed E-state index contributed by atoms with van der Waals surface area (Å²) < 4.78 is 5.46. The summed E-state index contributed by atoms with van der Waals surface area (Å²) in [6, 6.07) is 6.45. The summed E-state index contributed by atoms with van der Waals surface area (Å²) in [6.07, 6.45) is 10.3. The van der Waals surface area contributed by atoms with Crippen LogP contribution in [0.4, 0.5) is 0 Å². The summed E-state index contributed by atoms with van der Waals surface area (Å²) in [7, 11) is 1.72. The van der Waals surface area contributed by atoms with Gasteiger partial charge in [0.05, 0.1) is 7.11 Å². The Morgan fingerprint density at radius 3 is 2.38 bits per heavy atom. The Hall–Kier alpha value is -1.06. The number of hydrogen-bond donors (Lipinski definition) is 2. The van der Waals surface area contributed by atoms with Crippen LogP contribution < -0.4 is 16.0 Å². The van der Waals surface area contributed by atoms with E-state index in [0.717, 1.165) is 12.2 Å². The van der Waals surface area contributed by atoms with E-state index in [-0.39, 0.29) is 6.04 Å². The smallest absolute Gasteiger partial charge is 0.123 e. The molecular weight excluding hydrogens is 260 g/mol. The van der Waals surface area contributed by atoms with Crippen LogP contribution >= 0.6 is 0 Å². The topological polar surface area (TPSA) is 47.3 Å². The largest absolute Gasteiger partial charge is 0.496 e. The second kappa shape index (κ2) is 10.6. The third-order valence-corrected chi connectivity index (χ3v) is 4.06. The number of methoxy groups -OCH3 is 1. The maximum Gasteiger partial charge on any atom is 0.123 e. The van der Waals surface area contributed by atoms with Crippen LogP contribution in [0.25, 0.3) is 0 Å². The summed E-state index contributed by atoms with van der Waals surface area (Å²) in [5.41, 5.74) is 5.37. The predicted molar refractivity (Wildman–Crippen MR) is 90.4 cm³/mol. The monoisotopic (exact) mass is 292 g/mol. The van der Waals surface area contributed by atoms with Gasteiger partial charge in [0.25, 0.3) is 0 Å². The SMILES string of the molecule is CCCCCCCCCC(NN)c1cc(C)ccc1OC. The van der Waals surface area contributed by atoms with Crippen molar-refractivity contribution >= 4 is 0 Å². The van der Waals surface area contributed by atoms with E-state index in [1.54, 1.807) is 7.11 Å². The van der Waals surface area contributed by atoms with Crippen LogP contribution in [-0.2, 0) is 0 Å². The lowest BCUT2D eigenvalue weighted by Gasteiger charge is -2.19. The van der Waals surface area contributed by atoms with Crippen LogP contribution in [0.15, 0.2) is 18.2 Å². The molecule has 120 valence electrons. The first-order valence-corrected chi connectivity index (χ1v) is 8.33. The molecule has 0 bridgehead atoms. The number of nitrogens with two attached hydrogens (primary N) is 1. The summed E-state index contributed by atoms with van der Waals surface area (Å²) in [4.78, 5) is 0. The zero-order valence-corrected chi connectivity index (χ0v) is 14.0. The van der Waals surface area contributed by atoms with E-state index in [0.29, 0.717) is 0 Å². The molecule has 1 aromatic rings. The Morgan fingerprint density at radius 1 is 1.10 bits per heavy atom. The fourth-order valence-electron chi connectivity index (χ4n) is 2.76. The van der Waals surface area contributed by atoms with Crippen LogP contribution in [0.3, 0.4) is 0 Å². The molecule has 0 saturated carbocycles. The molecule has 0 saturated heterocycles. The summed E-state index contributed by atoms with van der Waals surface area (Å²) in [6.45, 7) is 4.36. The molecule has 3 N–H and O–H groups in total. The number of rotatable bonds is 11. The standard InChI is InChI=1S/C18H32N2O/c1-4-5-6-7-8-9-10-11-17(20-19)16-14-15(2)12-13-18(16)21-3/h12-14,17,20H,4-11,19H2,1-3H3. The van der Waals surface area contributed by atoms with Crippen LogP contribution in [0.1, 0.15) is 75.5 Å². The van der Waals surface area contributed by atoms with Gasteiger partial charge < -0.3 is 4.74 Å². The summed E-state index contributed by atoms with van der Waals surface area (Å²) in [5.74, 6) is 6.68. The zero-order chi connectivity index (χ0) is 15.5. The molecule has 0 aliphatic carbocycles. The van der Waals surface area contributed by atoms with E-state index in [2.05, 4.69) is 31.4 Å². The van der Waals surface area contributed by atoms with Crippen LogP contribution in [0, 0.1) is 6.92 Å². The molecule has 1 aromatic carbocycles. The quantitative estimate of drug-likeness (QED) is 0.354. The van der Waals surface area contributed by atoms with Crippen molar-refractivity contribution in [3.8, 4) is 5.75 Å². The van der Waals surface area contributed by atoms with E-state index in [1.165, 1.54) is 56.1 Å². The molecule has 0 radical (unpaired) electrons. The van der Waals surface area contributed by atoms with Gasteiger partial charge in [0.2, 0.25) is 0 Å². The second-order valence-corrected chi connectivity index (χ2v) is 5.87. The van der Waals surface area contributed by atoms with Crippen molar-refractivity contribution in [1.29, 1.82) is 0 Å². The maximum absolute atomic E-state index is 5.75.